The van der Waals surface area contributed by atoms with E-state index < -0.39 is 0 Å². The van der Waals surface area contributed by atoms with Crippen LogP contribution in [0.15, 0.2) is 30.3 Å². The van der Waals surface area contributed by atoms with Crippen molar-refractivity contribution >= 4 is 12.0 Å². The van der Waals surface area contributed by atoms with E-state index in [9.17, 15) is 4.79 Å². The van der Waals surface area contributed by atoms with Gasteiger partial charge in [0.2, 0.25) is 5.91 Å². The number of hydrogen-bond donors (Lipinski definition) is 1. The van der Waals surface area contributed by atoms with E-state index in [1.807, 2.05) is 24.3 Å². The highest BCUT2D eigenvalue weighted by molar-refractivity contribution is 5.91. The smallest absolute Gasteiger partial charge is 0.243 e. The molecule has 1 aromatic rings. The first-order chi connectivity index (χ1) is 10.2. The van der Waals surface area contributed by atoms with Crippen LogP contribution in [0.25, 0.3) is 6.08 Å². The van der Waals surface area contributed by atoms with Crippen molar-refractivity contribution in [3.63, 3.8) is 0 Å². The molecule has 0 unspecified atom stereocenters. The molecule has 4 heteroatoms. The fourth-order valence-electron chi connectivity index (χ4n) is 2.00. The summed E-state index contributed by atoms with van der Waals surface area (Å²) >= 11 is 0. The molecule has 1 rings (SSSR count). The molecule has 1 amide bonds. The highest BCUT2D eigenvalue weighted by atomic mass is 16.5. The topological polar surface area (TPSA) is 41.6 Å². The van der Waals surface area contributed by atoms with Gasteiger partial charge < -0.3 is 15.0 Å². The molecule has 0 saturated heterocycles. The lowest BCUT2D eigenvalue weighted by molar-refractivity contribution is -0.116. The SMILES string of the molecule is CCN(CC)CCCNC(=O)C=Cc1ccc(OC)cc1. The summed E-state index contributed by atoms with van der Waals surface area (Å²) < 4.78 is 5.09. The minimum absolute atomic E-state index is 0.0506. The lowest BCUT2D eigenvalue weighted by Gasteiger charge is -2.17. The number of amides is 1. The van der Waals surface area contributed by atoms with E-state index in [1.165, 1.54) is 0 Å². The van der Waals surface area contributed by atoms with E-state index in [0.717, 1.165) is 37.4 Å². The highest BCUT2D eigenvalue weighted by Gasteiger charge is 1.99. The molecule has 0 aromatic heterocycles. The van der Waals surface area contributed by atoms with Gasteiger partial charge in [0.1, 0.15) is 5.75 Å². The molecule has 0 radical (unpaired) electrons. The number of carbonyl (C=O) groups excluding carboxylic acids is 1. The number of carbonyl (C=O) groups is 1. The zero-order chi connectivity index (χ0) is 15.5. The third-order valence-electron chi connectivity index (χ3n) is 3.39. The first-order valence-electron chi connectivity index (χ1n) is 7.51. The van der Waals surface area contributed by atoms with Crippen molar-refractivity contribution in [3.8, 4) is 5.75 Å². The van der Waals surface area contributed by atoms with Crippen LogP contribution in [0.4, 0.5) is 0 Å². The quantitative estimate of drug-likeness (QED) is 0.561. The molecule has 0 saturated carbocycles. The van der Waals surface area contributed by atoms with Gasteiger partial charge in [0.25, 0.3) is 0 Å². The van der Waals surface area contributed by atoms with Crippen LogP contribution in [0.2, 0.25) is 0 Å². The Hall–Kier alpha value is -1.81. The molecular weight excluding hydrogens is 264 g/mol. The van der Waals surface area contributed by atoms with Gasteiger partial charge in [0.05, 0.1) is 7.11 Å². The lowest BCUT2D eigenvalue weighted by Crippen LogP contribution is -2.29. The molecular formula is C17H26N2O2. The predicted molar refractivity (Wildman–Crippen MR) is 87.4 cm³/mol. The van der Waals surface area contributed by atoms with E-state index >= 15 is 0 Å². The molecule has 0 bridgehead atoms. The van der Waals surface area contributed by atoms with Gasteiger partial charge in [0, 0.05) is 12.6 Å². The molecule has 0 spiro atoms. The molecule has 0 atom stereocenters. The molecule has 0 aliphatic heterocycles. The summed E-state index contributed by atoms with van der Waals surface area (Å²) in [6, 6.07) is 7.59. The molecule has 1 N–H and O–H groups in total. The van der Waals surface area contributed by atoms with Gasteiger partial charge in [0.15, 0.2) is 0 Å². The third kappa shape index (κ3) is 6.95. The highest BCUT2D eigenvalue weighted by Crippen LogP contribution is 2.12. The summed E-state index contributed by atoms with van der Waals surface area (Å²) in [7, 11) is 1.64. The van der Waals surface area contributed by atoms with E-state index in [0.29, 0.717) is 6.54 Å². The van der Waals surface area contributed by atoms with Gasteiger partial charge in [-0.25, -0.2) is 0 Å². The molecule has 0 aliphatic carbocycles. The minimum atomic E-state index is -0.0506. The van der Waals surface area contributed by atoms with Crippen LogP contribution in [-0.4, -0.2) is 44.1 Å². The normalized spacial score (nSPS) is 11.0. The second kappa shape index (κ2) is 10.00. The van der Waals surface area contributed by atoms with Crippen LogP contribution in [-0.2, 0) is 4.79 Å². The molecule has 21 heavy (non-hydrogen) atoms. The van der Waals surface area contributed by atoms with Crippen LogP contribution in [0.1, 0.15) is 25.8 Å². The third-order valence-corrected chi connectivity index (χ3v) is 3.39. The summed E-state index contributed by atoms with van der Waals surface area (Å²) in [5.74, 6) is 0.762. The lowest BCUT2D eigenvalue weighted by atomic mass is 10.2. The monoisotopic (exact) mass is 290 g/mol. The van der Waals surface area contributed by atoms with Crippen LogP contribution < -0.4 is 10.1 Å². The van der Waals surface area contributed by atoms with E-state index in [1.54, 1.807) is 19.3 Å². The Morgan fingerprint density at radius 2 is 1.90 bits per heavy atom. The maximum atomic E-state index is 11.7. The van der Waals surface area contributed by atoms with Crippen molar-refractivity contribution in [2.24, 2.45) is 0 Å². The predicted octanol–water partition coefficient (Wildman–Crippen LogP) is 2.56. The van der Waals surface area contributed by atoms with Crippen molar-refractivity contribution in [1.29, 1.82) is 0 Å². The van der Waals surface area contributed by atoms with E-state index in [2.05, 4.69) is 24.1 Å². The van der Waals surface area contributed by atoms with Crippen molar-refractivity contribution in [2.45, 2.75) is 20.3 Å². The molecule has 4 nitrogen and oxygen atoms in total. The van der Waals surface area contributed by atoms with Gasteiger partial charge in [-0.15, -0.1) is 0 Å². The van der Waals surface area contributed by atoms with Gasteiger partial charge in [-0.1, -0.05) is 26.0 Å². The molecule has 0 aliphatic rings. The van der Waals surface area contributed by atoms with Crippen LogP contribution in [0.3, 0.4) is 0 Å². The Morgan fingerprint density at radius 3 is 2.48 bits per heavy atom. The minimum Gasteiger partial charge on any atom is -0.497 e. The average Bonchev–Trinajstić information content (AvgIpc) is 2.53. The fraction of sp³-hybridized carbons (Fsp3) is 0.471. The Bertz CT molecular complexity index is 437. The van der Waals surface area contributed by atoms with Gasteiger partial charge in [-0.2, -0.15) is 0 Å². The summed E-state index contributed by atoms with van der Waals surface area (Å²) in [6.45, 7) is 8.15. The molecule has 116 valence electrons. The second-order valence-electron chi connectivity index (χ2n) is 4.78. The van der Waals surface area contributed by atoms with Crippen molar-refractivity contribution < 1.29 is 9.53 Å². The van der Waals surface area contributed by atoms with E-state index in [4.69, 9.17) is 4.74 Å². The standard InChI is InChI=1S/C17H26N2O2/c1-4-19(5-2)14-6-13-18-17(20)12-9-15-7-10-16(21-3)11-8-15/h7-12H,4-6,13-14H2,1-3H3,(H,18,20). The molecule has 1 aromatic carbocycles. The van der Waals surface area contributed by atoms with Gasteiger partial charge >= 0.3 is 0 Å². The average molecular weight is 290 g/mol. The number of hydrogen-bond acceptors (Lipinski definition) is 3. The number of benzene rings is 1. The summed E-state index contributed by atoms with van der Waals surface area (Å²) in [5, 5.41) is 2.90. The first kappa shape index (κ1) is 17.2. The second-order valence-corrected chi connectivity index (χ2v) is 4.78. The maximum absolute atomic E-state index is 11.7. The summed E-state index contributed by atoms with van der Waals surface area (Å²) in [5.41, 5.74) is 0.981. The maximum Gasteiger partial charge on any atom is 0.243 e. The fourth-order valence-corrected chi connectivity index (χ4v) is 2.00. The largest absolute Gasteiger partial charge is 0.497 e. The Kier molecular flexibility index (Phi) is 8.21. The van der Waals surface area contributed by atoms with Gasteiger partial charge in [-0.3, -0.25) is 4.79 Å². The Balaban J connectivity index is 2.27. The van der Waals surface area contributed by atoms with Crippen LogP contribution in [0, 0.1) is 0 Å². The van der Waals surface area contributed by atoms with Crippen molar-refractivity contribution in [3.05, 3.63) is 35.9 Å². The van der Waals surface area contributed by atoms with E-state index in [-0.39, 0.29) is 5.91 Å². The number of ether oxygens (including phenoxy) is 1. The van der Waals surface area contributed by atoms with Gasteiger partial charge in [-0.05, 0) is 49.8 Å². The molecule has 0 fully saturated rings. The van der Waals surface area contributed by atoms with Crippen LogP contribution in [0.5, 0.6) is 5.75 Å². The summed E-state index contributed by atoms with van der Waals surface area (Å²) in [4.78, 5) is 14.0. The number of rotatable bonds is 9. The zero-order valence-electron chi connectivity index (χ0n) is 13.3. The first-order valence-corrected chi connectivity index (χ1v) is 7.51. The number of nitrogens with zero attached hydrogens (tertiary/aromatic N) is 1. The number of methoxy groups -OCH3 is 1. The van der Waals surface area contributed by atoms with Crippen molar-refractivity contribution in [1.82, 2.24) is 10.2 Å². The Labute approximate surface area is 127 Å². The van der Waals surface area contributed by atoms with Crippen molar-refractivity contribution in [2.75, 3.05) is 33.3 Å². The Morgan fingerprint density at radius 1 is 1.24 bits per heavy atom. The number of nitrogens with one attached hydrogen (secondary N) is 1. The zero-order valence-corrected chi connectivity index (χ0v) is 13.3. The van der Waals surface area contributed by atoms with Crippen LogP contribution >= 0.6 is 0 Å². The summed E-state index contributed by atoms with van der Waals surface area (Å²) in [6.07, 6.45) is 4.35. The molecule has 0 heterocycles.